The zero-order valence-electron chi connectivity index (χ0n) is 10.1. The number of nitrogens with two attached hydrogens (primary N) is 1. The van der Waals surface area contributed by atoms with Gasteiger partial charge in [0.1, 0.15) is 0 Å². The Morgan fingerprint density at radius 3 is 2.75 bits per heavy atom. The Hall–Kier alpha value is -0.160. The summed E-state index contributed by atoms with van der Waals surface area (Å²) in [5.74, 6) is 0. The first-order valence-corrected chi connectivity index (χ1v) is 6.46. The largest absolute Gasteiger partial charge is 0.394 e. The average molecular weight is 228 g/mol. The molecule has 2 fully saturated rings. The SMILES string of the molecule is CC1CN(C2CCCCC2N)CC(CO)O1. The summed E-state index contributed by atoms with van der Waals surface area (Å²) in [6.07, 6.45) is 5.07. The van der Waals surface area contributed by atoms with Crippen LogP contribution in [0.1, 0.15) is 32.6 Å². The van der Waals surface area contributed by atoms with E-state index < -0.39 is 0 Å². The van der Waals surface area contributed by atoms with E-state index in [2.05, 4.69) is 11.8 Å². The van der Waals surface area contributed by atoms with E-state index in [1.807, 2.05) is 0 Å². The molecule has 2 rings (SSSR count). The molecule has 1 aliphatic carbocycles. The maximum atomic E-state index is 9.21. The van der Waals surface area contributed by atoms with Crippen molar-refractivity contribution in [2.24, 2.45) is 5.73 Å². The summed E-state index contributed by atoms with van der Waals surface area (Å²) in [5.41, 5.74) is 6.20. The number of morpholine rings is 1. The molecule has 4 atom stereocenters. The van der Waals surface area contributed by atoms with Gasteiger partial charge in [-0.15, -0.1) is 0 Å². The average Bonchev–Trinajstić information content (AvgIpc) is 2.28. The van der Waals surface area contributed by atoms with E-state index in [-0.39, 0.29) is 18.8 Å². The van der Waals surface area contributed by atoms with Crippen molar-refractivity contribution >= 4 is 0 Å². The van der Waals surface area contributed by atoms with Gasteiger partial charge in [0.15, 0.2) is 0 Å². The van der Waals surface area contributed by atoms with Gasteiger partial charge < -0.3 is 15.6 Å². The van der Waals surface area contributed by atoms with Crippen molar-refractivity contribution < 1.29 is 9.84 Å². The van der Waals surface area contributed by atoms with Crippen LogP contribution in [0.15, 0.2) is 0 Å². The highest BCUT2D eigenvalue weighted by Crippen LogP contribution is 2.24. The van der Waals surface area contributed by atoms with Crippen LogP contribution in [0, 0.1) is 0 Å². The van der Waals surface area contributed by atoms with Crippen molar-refractivity contribution in [2.45, 2.75) is 56.9 Å². The Labute approximate surface area is 97.7 Å². The van der Waals surface area contributed by atoms with Gasteiger partial charge in [0, 0.05) is 25.2 Å². The number of aliphatic hydroxyl groups excluding tert-OH is 1. The van der Waals surface area contributed by atoms with E-state index in [9.17, 15) is 5.11 Å². The first kappa shape index (κ1) is 12.3. The maximum Gasteiger partial charge on any atom is 0.0936 e. The number of nitrogens with zero attached hydrogens (tertiary/aromatic N) is 1. The molecular formula is C12H24N2O2. The van der Waals surface area contributed by atoms with Crippen LogP contribution in [-0.4, -0.2) is 54.0 Å². The minimum atomic E-state index is -0.0297. The molecule has 0 aromatic heterocycles. The van der Waals surface area contributed by atoms with E-state index in [4.69, 9.17) is 10.5 Å². The van der Waals surface area contributed by atoms with E-state index in [0.29, 0.717) is 12.1 Å². The molecule has 0 aromatic rings. The summed E-state index contributed by atoms with van der Waals surface area (Å²) < 4.78 is 5.66. The summed E-state index contributed by atoms with van der Waals surface area (Å²) >= 11 is 0. The maximum absolute atomic E-state index is 9.21. The second-order valence-corrected chi connectivity index (χ2v) is 5.22. The highest BCUT2D eigenvalue weighted by atomic mass is 16.5. The molecule has 1 heterocycles. The summed E-state index contributed by atoms with van der Waals surface area (Å²) in [7, 11) is 0. The molecule has 0 amide bonds. The quantitative estimate of drug-likeness (QED) is 0.715. The molecule has 3 N–H and O–H groups in total. The summed E-state index contributed by atoms with van der Waals surface area (Å²) in [4.78, 5) is 2.43. The molecule has 4 heteroatoms. The van der Waals surface area contributed by atoms with E-state index in [1.54, 1.807) is 0 Å². The Balaban J connectivity index is 1.96. The van der Waals surface area contributed by atoms with E-state index >= 15 is 0 Å². The second-order valence-electron chi connectivity index (χ2n) is 5.22. The zero-order valence-corrected chi connectivity index (χ0v) is 10.1. The Morgan fingerprint density at radius 2 is 2.06 bits per heavy atom. The van der Waals surface area contributed by atoms with Crippen LogP contribution in [0.25, 0.3) is 0 Å². The normalized spacial score (nSPS) is 42.2. The fraction of sp³-hybridized carbons (Fsp3) is 1.00. The molecule has 0 spiro atoms. The fourth-order valence-corrected chi connectivity index (χ4v) is 3.05. The van der Waals surface area contributed by atoms with Crippen LogP contribution < -0.4 is 5.73 Å². The van der Waals surface area contributed by atoms with Crippen LogP contribution in [0.2, 0.25) is 0 Å². The summed E-state index contributed by atoms with van der Waals surface area (Å²) in [6.45, 7) is 3.97. The lowest BCUT2D eigenvalue weighted by Gasteiger charge is -2.44. The first-order valence-electron chi connectivity index (χ1n) is 6.46. The number of hydrogen-bond acceptors (Lipinski definition) is 4. The van der Waals surface area contributed by atoms with E-state index in [1.165, 1.54) is 19.3 Å². The Morgan fingerprint density at radius 1 is 1.31 bits per heavy atom. The Kier molecular flexibility index (Phi) is 4.19. The van der Waals surface area contributed by atoms with Crippen molar-refractivity contribution in [3.05, 3.63) is 0 Å². The van der Waals surface area contributed by atoms with Gasteiger partial charge in [-0.1, -0.05) is 12.8 Å². The highest BCUT2D eigenvalue weighted by Gasteiger charge is 2.33. The van der Waals surface area contributed by atoms with Crippen LogP contribution in [0.5, 0.6) is 0 Å². The predicted octanol–water partition coefficient (Wildman–Crippen LogP) is 0.338. The third-order valence-corrected chi connectivity index (χ3v) is 3.81. The zero-order chi connectivity index (χ0) is 11.5. The molecule has 1 aliphatic heterocycles. The van der Waals surface area contributed by atoms with E-state index in [0.717, 1.165) is 19.5 Å². The van der Waals surface area contributed by atoms with Crippen LogP contribution in [-0.2, 0) is 4.74 Å². The molecule has 4 nitrogen and oxygen atoms in total. The number of aliphatic hydroxyl groups is 1. The minimum Gasteiger partial charge on any atom is -0.394 e. The van der Waals surface area contributed by atoms with Crippen molar-refractivity contribution in [1.29, 1.82) is 0 Å². The van der Waals surface area contributed by atoms with Crippen LogP contribution in [0.4, 0.5) is 0 Å². The molecule has 16 heavy (non-hydrogen) atoms. The molecule has 94 valence electrons. The number of ether oxygens (including phenoxy) is 1. The van der Waals surface area contributed by atoms with Gasteiger partial charge in [-0.05, 0) is 19.8 Å². The lowest BCUT2D eigenvalue weighted by molar-refractivity contribution is -0.110. The molecule has 4 unspecified atom stereocenters. The smallest absolute Gasteiger partial charge is 0.0936 e. The van der Waals surface area contributed by atoms with Gasteiger partial charge in [0.25, 0.3) is 0 Å². The van der Waals surface area contributed by atoms with Gasteiger partial charge >= 0.3 is 0 Å². The molecular weight excluding hydrogens is 204 g/mol. The van der Waals surface area contributed by atoms with Crippen molar-refractivity contribution in [3.8, 4) is 0 Å². The number of hydrogen-bond donors (Lipinski definition) is 2. The van der Waals surface area contributed by atoms with Gasteiger partial charge in [0.2, 0.25) is 0 Å². The molecule has 0 radical (unpaired) electrons. The second kappa shape index (κ2) is 5.45. The first-order chi connectivity index (χ1) is 7.70. The third kappa shape index (κ3) is 2.74. The van der Waals surface area contributed by atoms with Crippen molar-refractivity contribution in [3.63, 3.8) is 0 Å². The number of rotatable bonds is 2. The van der Waals surface area contributed by atoms with Crippen LogP contribution in [0.3, 0.4) is 0 Å². The van der Waals surface area contributed by atoms with Gasteiger partial charge in [0.05, 0.1) is 18.8 Å². The fourth-order valence-electron chi connectivity index (χ4n) is 3.05. The molecule has 1 saturated heterocycles. The van der Waals surface area contributed by atoms with Crippen LogP contribution >= 0.6 is 0 Å². The highest BCUT2D eigenvalue weighted by molar-refractivity contribution is 4.89. The monoisotopic (exact) mass is 228 g/mol. The molecule has 0 bridgehead atoms. The topological polar surface area (TPSA) is 58.7 Å². The summed E-state index contributed by atoms with van der Waals surface area (Å²) in [5, 5.41) is 9.21. The lowest BCUT2D eigenvalue weighted by Crippen LogP contribution is -2.57. The minimum absolute atomic E-state index is 0.0297. The van der Waals surface area contributed by atoms with Crippen molar-refractivity contribution in [2.75, 3.05) is 19.7 Å². The van der Waals surface area contributed by atoms with Gasteiger partial charge in [-0.2, -0.15) is 0 Å². The van der Waals surface area contributed by atoms with Crippen molar-refractivity contribution in [1.82, 2.24) is 4.90 Å². The molecule has 1 saturated carbocycles. The third-order valence-electron chi connectivity index (χ3n) is 3.81. The molecule has 2 aliphatic rings. The summed E-state index contributed by atoms with van der Waals surface area (Å²) in [6, 6.07) is 0.799. The Bertz CT molecular complexity index is 225. The van der Waals surface area contributed by atoms with Gasteiger partial charge in [-0.3, -0.25) is 4.90 Å². The standard InChI is InChI=1S/C12H24N2O2/c1-9-6-14(7-10(8-15)16-9)12-5-3-2-4-11(12)13/h9-12,15H,2-8,13H2,1H3. The molecule has 0 aromatic carbocycles. The lowest BCUT2D eigenvalue weighted by atomic mass is 9.89. The predicted molar refractivity (Wildman–Crippen MR) is 63.2 cm³/mol. The van der Waals surface area contributed by atoms with Gasteiger partial charge in [-0.25, -0.2) is 0 Å².